The molecule has 0 unspecified atom stereocenters. The Hall–Kier alpha value is -3.54. The summed E-state index contributed by atoms with van der Waals surface area (Å²) in [5.74, 6) is -0.136. The van der Waals surface area contributed by atoms with E-state index < -0.39 is 0 Å². The van der Waals surface area contributed by atoms with Gasteiger partial charge in [-0.3, -0.25) is 9.36 Å². The number of pyridine rings is 1. The SMILES string of the molecule is Cc1ccn(-c2ccc(F)cc2)c(=O)c1-c1ccc2nc(N)ncc2c1. The van der Waals surface area contributed by atoms with E-state index in [-0.39, 0.29) is 17.3 Å². The van der Waals surface area contributed by atoms with Crippen molar-refractivity contribution in [2.75, 3.05) is 5.73 Å². The largest absolute Gasteiger partial charge is 0.368 e. The Morgan fingerprint density at radius 1 is 1.08 bits per heavy atom. The van der Waals surface area contributed by atoms with E-state index in [1.165, 1.54) is 16.7 Å². The molecule has 0 aliphatic rings. The van der Waals surface area contributed by atoms with Gasteiger partial charge in [-0.25, -0.2) is 14.4 Å². The van der Waals surface area contributed by atoms with Crippen molar-refractivity contribution in [3.05, 3.63) is 82.7 Å². The minimum Gasteiger partial charge on any atom is -0.368 e. The summed E-state index contributed by atoms with van der Waals surface area (Å²) in [6.07, 6.45) is 3.33. The first-order chi connectivity index (χ1) is 12.5. The summed E-state index contributed by atoms with van der Waals surface area (Å²) in [6.45, 7) is 1.88. The van der Waals surface area contributed by atoms with E-state index in [4.69, 9.17) is 5.73 Å². The van der Waals surface area contributed by atoms with Crippen LogP contribution >= 0.6 is 0 Å². The minimum absolute atomic E-state index is 0.174. The van der Waals surface area contributed by atoms with Gasteiger partial charge in [0.25, 0.3) is 5.56 Å². The highest BCUT2D eigenvalue weighted by atomic mass is 19.1. The van der Waals surface area contributed by atoms with Crippen LogP contribution in [0.2, 0.25) is 0 Å². The van der Waals surface area contributed by atoms with E-state index in [1.807, 2.05) is 31.2 Å². The van der Waals surface area contributed by atoms with Crippen LogP contribution in [0.25, 0.3) is 27.7 Å². The van der Waals surface area contributed by atoms with Crippen LogP contribution < -0.4 is 11.3 Å². The van der Waals surface area contributed by atoms with E-state index in [9.17, 15) is 9.18 Å². The number of nitrogens with two attached hydrogens (primary N) is 1. The predicted molar refractivity (Wildman–Crippen MR) is 99.7 cm³/mol. The lowest BCUT2D eigenvalue weighted by atomic mass is 10.0. The van der Waals surface area contributed by atoms with Crippen molar-refractivity contribution in [2.45, 2.75) is 6.92 Å². The Labute approximate surface area is 148 Å². The molecule has 0 radical (unpaired) electrons. The average molecular weight is 346 g/mol. The Morgan fingerprint density at radius 3 is 2.62 bits per heavy atom. The van der Waals surface area contributed by atoms with Crippen molar-refractivity contribution in [1.29, 1.82) is 0 Å². The molecule has 0 aliphatic heterocycles. The Morgan fingerprint density at radius 2 is 1.85 bits per heavy atom. The standard InChI is InChI=1S/C20H15FN4O/c1-12-8-9-25(16-5-3-15(21)4-6-16)19(26)18(12)13-2-7-17-14(10-13)11-23-20(22)24-17/h2-11H,1H3,(H2,22,23,24). The normalized spacial score (nSPS) is 11.0. The molecular formula is C20H15FN4O. The number of halogens is 1. The molecule has 4 rings (SSSR count). The Bertz CT molecular complexity index is 1180. The van der Waals surface area contributed by atoms with Crippen LogP contribution in [0.5, 0.6) is 0 Å². The van der Waals surface area contributed by atoms with E-state index in [1.54, 1.807) is 24.5 Å². The lowest BCUT2D eigenvalue weighted by Crippen LogP contribution is -2.20. The summed E-state index contributed by atoms with van der Waals surface area (Å²) in [7, 11) is 0. The molecule has 128 valence electrons. The van der Waals surface area contributed by atoms with Crippen molar-refractivity contribution in [3.8, 4) is 16.8 Å². The van der Waals surface area contributed by atoms with Crippen LogP contribution in [0, 0.1) is 12.7 Å². The first kappa shape index (κ1) is 16.0. The second kappa shape index (κ2) is 6.07. The fourth-order valence-electron chi connectivity index (χ4n) is 2.99. The molecule has 0 aliphatic carbocycles. The first-order valence-corrected chi connectivity index (χ1v) is 8.04. The fraction of sp³-hybridized carbons (Fsp3) is 0.0500. The summed E-state index contributed by atoms with van der Waals surface area (Å²) in [6, 6.07) is 13.2. The molecule has 2 heterocycles. The van der Waals surface area contributed by atoms with Gasteiger partial charge in [-0.2, -0.15) is 0 Å². The zero-order chi connectivity index (χ0) is 18.3. The third-order valence-electron chi connectivity index (χ3n) is 4.29. The smallest absolute Gasteiger partial charge is 0.263 e. The molecule has 6 heteroatoms. The number of benzene rings is 2. The lowest BCUT2D eigenvalue weighted by molar-refractivity contribution is 0.627. The first-order valence-electron chi connectivity index (χ1n) is 8.04. The molecule has 0 saturated heterocycles. The maximum atomic E-state index is 13.2. The number of rotatable bonds is 2. The number of hydrogen-bond acceptors (Lipinski definition) is 4. The number of hydrogen-bond donors (Lipinski definition) is 1. The Kier molecular flexibility index (Phi) is 3.73. The van der Waals surface area contributed by atoms with Gasteiger partial charge < -0.3 is 5.73 Å². The van der Waals surface area contributed by atoms with Gasteiger partial charge >= 0.3 is 0 Å². The Balaban J connectivity index is 1.91. The molecule has 0 spiro atoms. The van der Waals surface area contributed by atoms with Crippen LogP contribution in [0.3, 0.4) is 0 Å². The van der Waals surface area contributed by atoms with Crippen LogP contribution in [0.1, 0.15) is 5.56 Å². The summed E-state index contributed by atoms with van der Waals surface area (Å²) >= 11 is 0. The predicted octanol–water partition coefficient (Wildman–Crippen LogP) is 3.48. The van der Waals surface area contributed by atoms with Crippen molar-refractivity contribution in [3.63, 3.8) is 0 Å². The van der Waals surface area contributed by atoms with Gasteiger partial charge in [0.1, 0.15) is 5.82 Å². The highest BCUT2D eigenvalue weighted by molar-refractivity contribution is 5.85. The minimum atomic E-state index is -0.345. The number of fused-ring (bicyclic) bond motifs is 1. The van der Waals surface area contributed by atoms with Gasteiger partial charge in [0.15, 0.2) is 0 Å². The maximum Gasteiger partial charge on any atom is 0.263 e. The fourth-order valence-corrected chi connectivity index (χ4v) is 2.99. The van der Waals surface area contributed by atoms with Crippen molar-refractivity contribution in [2.24, 2.45) is 0 Å². The molecule has 0 atom stereocenters. The number of nitrogen functional groups attached to an aromatic ring is 1. The number of nitrogens with zero attached hydrogens (tertiary/aromatic N) is 3. The molecule has 5 nitrogen and oxygen atoms in total. The molecule has 2 N–H and O–H groups in total. The maximum absolute atomic E-state index is 13.2. The van der Waals surface area contributed by atoms with E-state index in [0.717, 1.165) is 16.5 Å². The summed E-state index contributed by atoms with van der Waals surface area (Å²) in [5, 5.41) is 0.799. The molecule has 0 amide bonds. The van der Waals surface area contributed by atoms with Gasteiger partial charge in [0.05, 0.1) is 11.1 Å². The molecule has 0 saturated carbocycles. The quantitative estimate of drug-likeness (QED) is 0.603. The zero-order valence-electron chi connectivity index (χ0n) is 14.0. The van der Waals surface area contributed by atoms with Gasteiger partial charge in [0, 0.05) is 23.5 Å². The molecule has 0 bridgehead atoms. The molecule has 26 heavy (non-hydrogen) atoms. The molecule has 2 aromatic heterocycles. The van der Waals surface area contributed by atoms with Crippen molar-refractivity contribution < 1.29 is 4.39 Å². The van der Waals surface area contributed by atoms with Crippen LogP contribution in [0.15, 0.2) is 65.7 Å². The van der Waals surface area contributed by atoms with E-state index >= 15 is 0 Å². The van der Waals surface area contributed by atoms with E-state index in [2.05, 4.69) is 9.97 Å². The second-order valence-corrected chi connectivity index (χ2v) is 6.03. The summed E-state index contributed by atoms with van der Waals surface area (Å²) < 4.78 is 14.7. The number of anilines is 1. The third kappa shape index (κ3) is 2.71. The summed E-state index contributed by atoms with van der Waals surface area (Å²) in [4.78, 5) is 21.3. The van der Waals surface area contributed by atoms with Crippen molar-refractivity contribution in [1.82, 2.24) is 14.5 Å². The van der Waals surface area contributed by atoms with Gasteiger partial charge in [-0.15, -0.1) is 0 Å². The van der Waals surface area contributed by atoms with Crippen LogP contribution in [0.4, 0.5) is 10.3 Å². The van der Waals surface area contributed by atoms with Gasteiger partial charge in [-0.1, -0.05) is 6.07 Å². The lowest BCUT2D eigenvalue weighted by Gasteiger charge is -2.12. The number of aryl methyl sites for hydroxylation is 1. The summed E-state index contributed by atoms with van der Waals surface area (Å²) in [5.41, 5.74) is 8.96. The van der Waals surface area contributed by atoms with Crippen molar-refractivity contribution >= 4 is 16.9 Å². The monoisotopic (exact) mass is 346 g/mol. The second-order valence-electron chi connectivity index (χ2n) is 6.03. The zero-order valence-corrected chi connectivity index (χ0v) is 14.0. The van der Waals surface area contributed by atoms with Crippen LogP contribution in [-0.2, 0) is 0 Å². The molecule has 2 aromatic carbocycles. The van der Waals surface area contributed by atoms with Gasteiger partial charge in [-0.05, 0) is 60.5 Å². The molecule has 0 fully saturated rings. The third-order valence-corrected chi connectivity index (χ3v) is 4.29. The van der Waals surface area contributed by atoms with Gasteiger partial charge in [0.2, 0.25) is 5.95 Å². The molecule has 4 aromatic rings. The number of aromatic nitrogens is 3. The topological polar surface area (TPSA) is 73.8 Å². The highest BCUT2D eigenvalue weighted by Gasteiger charge is 2.12. The molecular weight excluding hydrogens is 331 g/mol. The van der Waals surface area contributed by atoms with Crippen LogP contribution in [-0.4, -0.2) is 14.5 Å². The highest BCUT2D eigenvalue weighted by Crippen LogP contribution is 2.24. The van der Waals surface area contributed by atoms with E-state index in [0.29, 0.717) is 16.8 Å². The average Bonchev–Trinajstić information content (AvgIpc) is 2.63.